The van der Waals surface area contributed by atoms with Gasteiger partial charge in [0.2, 0.25) is 0 Å². The highest BCUT2D eigenvalue weighted by atomic mass is 16.5. The Labute approximate surface area is 96.0 Å². The molecule has 1 saturated heterocycles. The highest BCUT2D eigenvalue weighted by Crippen LogP contribution is 2.35. The summed E-state index contributed by atoms with van der Waals surface area (Å²) in [4.78, 5) is 2.39. The van der Waals surface area contributed by atoms with Gasteiger partial charge in [0, 0.05) is 17.8 Å². The summed E-state index contributed by atoms with van der Waals surface area (Å²) in [5.41, 5.74) is 2.58. The molecule has 0 aliphatic carbocycles. The molecule has 0 saturated carbocycles. The number of piperidine rings is 1. The topological polar surface area (TPSA) is 21.7 Å². The minimum Gasteiger partial charge on any atom is -0.497 e. The van der Waals surface area contributed by atoms with Crippen molar-refractivity contribution < 1.29 is 9.47 Å². The fourth-order valence-corrected chi connectivity index (χ4v) is 2.62. The standard InChI is InChI=1S/C13H17NO2/c1-15-11-5-6-12-10(8-11)9-16-13-4-2-3-7-14(12)13/h5-6,8,13H,2-4,7,9H2,1H3. The Kier molecular flexibility index (Phi) is 2.48. The van der Waals surface area contributed by atoms with E-state index in [1.807, 2.05) is 6.07 Å². The molecule has 0 bridgehead atoms. The first-order chi connectivity index (χ1) is 7.88. The SMILES string of the molecule is COc1ccc2c(c1)COC1CCCCN21. The molecule has 1 fully saturated rings. The van der Waals surface area contributed by atoms with Crippen LogP contribution in [0.3, 0.4) is 0 Å². The summed E-state index contributed by atoms with van der Waals surface area (Å²) >= 11 is 0. The van der Waals surface area contributed by atoms with Gasteiger partial charge in [-0.2, -0.15) is 0 Å². The zero-order valence-corrected chi connectivity index (χ0v) is 9.61. The molecular formula is C13H17NO2. The van der Waals surface area contributed by atoms with E-state index in [4.69, 9.17) is 9.47 Å². The zero-order chi connectivity index (χ0) is 11.0. The Morgan fingerprint density at radius 2 is 2.31 bits per heavy atom. The van der Waals surface area contributed by atoms with Gasteiger partial charge < -0.3 is 14.4 Å². The highest BCUT2D eigenvalue weighted by Gasteiger charge is 2.29. The lowest BCUT2D eigenvalue weighted by Crippen LogP contribution is -2.44. The first-order valence-electron chi connectivity index (χ1n) is 5.93. The van der Waals surface area contributed by atoms with Gasteiger partial charge in [0.25, 0.3) is 0 Å². The summed E-state index contributed by atoms with van der Waals surface area (Å²) in [6.45, 7) is 1.83. The third-order valence-electron chi connectivity index (χ3n) is 3.48. The molecule has 0 spiro atoms. The van der Waals surface area contributed by atoms with E-state index in [9.17, 15) is 0 Å². The van der Waals surface area contributed by atoms with Crippen LogP contribution in [-0.4, -0.2) is 19.9 Å². The molecule has 86 valence electrons. The number of ether oxygens (including phenoxy) is 2. The van der Waals surface area contributed by atoms with Gasteiger partial charge >= 0.3 is 0 Å². The maximum absolute atomic E-state index is 5.88. The summed E-state index contributed by atoms with van der Waals surface area (Å²) in [6, 6.07) is 6.28. The summed E-state index contributed by atoms with van der Waals surface area (Å²) in [6.07, 6.45) is 4.01. The maximum Gasteiger partial charge on any atom is 0.130 e. The van der Waals surface area contributed by atoms with Crippen molar-refractivity contribution in [3.63, 3.8) is 0 Å². The van der Waals surface area contributed by atoms with Gasteiger partial charge in [-0.05, 0) is 37.5 Å². The molecule has 1 aromatic rings. The number of anilines is 1. The lowest BCUT2D eigenvalue weighted by Gasteiger charge is -2.41. The van der Waals surface area contributed by atoms with E-state index in [-0.39, 0.29) is 0 Å². The van der Waals surface area contributed by atoms with Crippen LogP contribution in [-0.2, 0) is 11.3 Å². The van der Waals surface area contributed by atoms with E-state index in [0.29, 0.717) is 12.8 Å². The average Bonchev–Trinajstić information content (AvgIpc) is 2.38. The van der Waals surface area contributed by atoms with Crippen LogP contribution in [0.2, 0.25) is 0 Å². The minimum absolute atomic E-state index is 0.301. The lowest BCUT2D eigenvalue weighted by molar-refractivity contribution is 0.0128. The Balaban J connectivity index is 1.96. The number of benzene rings is 1. The quantitative estimate of drug-likeness (QED) is 0.724. The van der Waals surface area contributed by atoms with E-state index in [0.717, 1.165) is 18.7 Å². The molecule has 2 heterocycles. The number of fused-ring (bicyclic) bond motifs is 3. The second kappa shape index (κ2) is 3.98. The Bertz CT molecular complexity index is 392. The summed E-state index contributed by atoms with van der Waals surface area (Å²) < 4.78 is 11.1. The molecule has 0 radical (unpaired) electrons. The van der Waals surface area contributed by atoms with E-state index in [1.54, 1.807) is 7.11 Å². The molecule has 16 heavy (non-hydrogen) atoms. The lowest BCUT2D eigenvalue weighted by atomic mass is 10.0. The first kappa shape index (κ1) is 9.97. The Morgan fingerprint density at radius 1 is 1.38 bits per heavy atom. The van der Waals surface area contributed by atoms with Gasteiger partial charge in [-0.3, -0.25) is 0 Å². The molecule has 3 nitrogen and oxygen atoms in total. The normalized spacial score (nSPS) is 23.6. The molecule has 3 rings (SSSR count). The van der Waals surface area contributed by atoms with Crippen molar-refractivity contribution in [3.8, 4) is 5.75 Å². The van der Waals surface area contributed by atoms with E-state index in [1.165, 1.54) is 24.1 Å². The van der Waals surface area contributed by atoms with Gasteiger partial charge in [-0.15, -0.1) is 0 Å². The van der Waals surface area contributed by atoms with Gasteiger partial charge in [-0.1, -0.05) is 0 Å². The highest BCUT2D eigenvalue weighted by molar-refractivity contribution is 5.58. The van der Waals surface area contributed by atoms with Crippen molar-refractivity contribution in [1.29, 1.82) is 0 Å². The molecule has 1 atom stereocenters. The molecule has 0 N–H and O–H groups in total. The van der Waals surface area contributed by atoms with Crippen molar-refractivity contribution in [1.82, 2.24) is 0 Å². The van der Waals surface area contributed by atoms with Crippen LogP contribution >= 0.6 is 0 Å². The summed E-state index contributed by atoms with van der Waals surface area (Å²) in [7, 11) is 1.70. The predicted octanol–water partition coefficient (Wildman–Crippen LogP) is 2.54. The van der Waals surface area contributed by atoms with E-state index in [2.05, 4.69) is 17.0 Å². The number of rotatable bonds is 1. The molecule has 0 aromatic heterocycles. The monoisotopic (exact) mass is 219 g/mol. The van der Waals surface area contributed by atoms with Crippen molar-refractivity contribution in [3.05, 3.63) is 23.8 Å². The molecule has 3 heteroatoms. The summed E-state index contributed by atoms with van der Waals surface area (Å²) in [5, 5.41) is 0. The maximum atomic E-state index is 5.88. The van der Waals surface area contributed by atoms with Crippen LogP contribution in [0.15, 0.2) is 18.2 Å². The fourth-order valence-electron chi connectivity index (χ4n) is 2.62. The van der Waals surface area contributed by atoms with Crippen molar-refractivity contribution in [2.24, 2.45) is 0 Å². The third-order valence-corrected chi connectivity index (χ3v) is 3.48. The van der Waals surface area contributed by atoms with Crippen LogP contribution in [0, 0.1) is 0 Å². The van der Waals surface area contributed by atoms with Crippen LogP contribution in [0.4, 0.5) is 5.69 Å². The third kappa shape index (κ3) is 1.55. The number of nitrogens with zero attached hydrogens (tertiary/aromatic N) is 1. The van der Waals surface area contributed by atoms with Crippen LogP contribution in [0.5, 0.6) is 5.75 Å². The van der Waals surface area contributed by atoms with Crippen molar-refractivity contribution in [2.45, 2.75) is 32.1 Å². The molecule has 2 aliphatic rings. The molecular weight excluding hydrogens is 202 g/mol. The second-order valence-corrected chi connectivity index (χ2v) is 4.45. The van der Waals surface area contributed by atoms with Crippen molar-refractivity contribution in [2.75, 3.05) is 18.6 Å². The molecule has 1 aromatic carbocycles. The first-order valence-corrected chi connectivity index (χ1v) is 5.93. The molecule has 1 unspecified atom stereocenters. The van der Waals surface area contributed by atoms with Crippen LogP contribution in [0.1, 0.15) is 24.8 Å². The van der Waals surface area contributed by atoms with Gasteiger partial charge in [0.15, 0.2) is 0 Å². The minimum atomic E-state index is 0.301. The smallest absolute Gasteiger partial charge is 0.130 e. The second-order valence-electron chi connectivity index (χ2n) is 4.45. The van der Waals surface area contributed by atoms with Crippen LogP contribution < -0.4 is 9.64 Å². The summed E-state index contributed by atoms with van der Waals surface area (Å²) in [5.74, 6) is 0.915. The number of hydrogen-bond donors (Lipinski definition) is 0. The predicted molar refractivity (Wildman–Crippen MR) is 62.8 cm³/mol. The number of hydrogen-bond acceptors (Lipinski definition) is 3. The number of methoxy groups -OCH3 is 1. The fraction of sp³-hybridized carbons (Fsp3) is 0.538. The van der Waals surface area contributed by atoms with E-state index < -0.39 is 0 Å². The molecule has 2 aliphatic heterocycles. The van der Waals surface area contributed by atoms with Gasteiger partial charge in [0.1, 0.15) is 12.0 Å². The molecule has 0 amide bonds. The van der Waals surface area contributed by atoms with Gasteiger partial charge in [-0.25, -0.2) is 0 Å². The van der Waals surface area contributed by atoms with Crippen molar-refractivity contribution >= 4 is 5.69 Å². The Hall–Kier alpha value is -1.22. The largest absolute Gasteiger partial charge is 0.497 e. The zero-order valence-electron chi connectivity index (χ0n) is 9.61. The average molecular weight is 219 g/mol. The van der Waals surface area contributed by atoms with E-state index >= 15 is 0 Å². The van der Waals surface area contributed by atoms with Gasteiger partial charge in [0.05, 0.1) is 13.7 Å². The Morgan fingerprint density at radius 3 is 3.19 bits per heavy atom. The van der Waals surface area contributed by atoms with Crippen LogP contribution in [0.25, 0.3) is 0 Å².